The van der Waals surface area contributed by atoms with E-state index >= 15 is 0 Å². The van der Waals surface area contributed by atoms with Crippen molar-refractivity contribution < 1.29 is 5.11 Å². The lowest BCUT2D eigenvalue weighted by Gasteiger charge is -2.35. The number of nitrogens with one attached hydrogen (secondary N) is 1. The van der Waals surface area contributed by atoms with Gasteiger partial charge in [-0.1, -0.05) is 19.3 Å². The molecule has 1 aliphatic carbocycles. The summed E-state index contributed by atoms with van der Waals surface area (Å²) >= 11 is 1.95. The van der Waals surface area contributed by atoms with Crippen LogP contribution < -0.4 is 5.32 Å². The molecule has 1 saturated carbocycles. The van der Waals surface area contributed by atoms with Gasteiger partial charge in [0.1, 0.15) is 5.75 Å². The van der Waals surface area contributed by atoms with Crippen LogP contribution in [0.4, 0.5) is 5.69 Å². The molecule has 0 radical (unpaired) electrons. The molecule has 0 amide bonds. The topological polar surface area (TPSA) is 32.3 Å². The van der Waals surface area contributed by atoms with Gasteiger partial charge >= 0.3 is 0 Å². The third-order valence-electron chi connectivity index (χ3n) is 4.07. The number of hydrogen-bond donors (Lipinski definition) is 2. The van der Waals surface area contributed by atoms with Crippen LogP contribution in [0.15, 0.2) is 23.1 Å². The van der Waals surface area contributed by atoms with Gasteiger partial charge in [0.25, 0.3) is 0 Å². The van der Waals surface area contributed by atoms with Crippen molar-refractivity contribution in [2.24, 2.45) is 5.41 Å². The fourth-order valence-electron chi connectivity index (χ4n) is 2.97. The summed E-state index contributed by atoms with van der Waals surface area (Å²) < 4.78 is 0. The number of fused-ring (bicyclic) bond motifs is 1. The summed E-state index contributed by atoms with van der Waals surface area (Å²) in [7, 11) is 0. The van der Waals surface area contributed by atoms with E-state index in [2.05, 4.69) is 5.32 Å². The molecule has 2 nitrogen and oxygen atoms in total. The molecule has 2 aliphatic rings. The molecule has 1 heterocycles. The Morgan fingerprint density at radius 1 is 1.18 bits per heavy atom. The second kappa shape index (κ2) is 4.45. The summed E-state index contributed by atoms with van der Waals surface area (Å²) in [5.74, 6) is 1.58. The summed E-state index contributed by atoms with van der Waals surface area (Å²) in [4.78, 5) is 1.28. The van der Waals surface area contributed by atoms with Gasteiger partial charge < -0.3 is 10.4 Å². The van der Waals surface area contributed by atoms with Gasteiger partial charge in [0.15, 0.2) is 0 Å². The van der Waals surface area contributed by atoms with Crippen LogP contribution in [0.3, 0.4) is 0 Å². The SMILES string of the molecule is Oc1ccc2c(c1)NCC1(CCCCC1)CS2. The maximum atomic E-state index is 9.53. The molecule has 0 bridgehead atoms. The molecule has 3 heteroatoms. The number of rotatable bonds is 0. The minimum atomic E-state index is 0.358. The molecule has 1 aromatic carbocycles. The molecule has 0 saturated heterocycles. The van der Waals surface area contributed by atoms with E-state index < -0.39 is 0 Å². The third-order valence-corrected chi connectivity index (χ3v) is 5.49. The van der Waals surface area contributed by atoms with E-state index in [9.17, 15) is 5.11 Å². The monoisotopic (exact) mass is 249 g/mol. The van der Waals surface area contributed by atoms with Gasteiger partial charge in [-0.3, -0.25) is 0 Å². The standard InChI is InChI=1S/C14H19NOS/c16-11-4-5-13-12(8-11)15-9-14(10-17-13)6-2-1-3-7-14/h4-5,8,15-16H,1-3,6-7,9-10H2. The van der Waals surface area contributed by atoms with Crippen molar-refractivity contribution in [2.45, 2.75) is 37.0 Å². The van der Waals surface area contributed by atoms with Gasteiger partial charge in [-0.05, 0) is 30.4 Å². The van der Waals surface area contributed by atoms with Gasteiger partial charge in [0.05, 0.1) is 5.69 Å². The van der Waals surface area contributed by atoms with Crippen molar-refractivity contribution in [1.82, 2.24) is 0 Å². The average Bonchev–Trinajstić information content (AvgIpc) is 2.52. The maximum absolute atomic E-state index is 9.53. The smallest absolute Gasteiger partial charge is 0.117 e. The Hall–Kier alpha value is -0.830. The average molecular weight is 249 g/mol. The lowest BCUT2D eigenvalue weighted by Crippen LogP contribution is -2.33. The minimum Gasteiger partial charge on any atom is -0.508 e. The highest BCUT2D eigenvalue weighted by atomic mass is 32.2. The Balaban J connectivity index is 1.82. The maximum Gasteiger partial charge on any atom is 0.117 e. The van der Waals surface area contributed by atoms with Crippen molar-refractivity contribution in [2.75, 3.05) is 17.6 Å². The van der Waals surface area contributed by atoms with Gasteiger partial charge in [-0.2, -0.15) is 0 Å². The predicted octanol–water partition coefficient (Wildman–Crippen LogP) is 3.86. The van der Waals surface area contributed by atoms with E-state index in [0.717, 1.165) is 12.2 Å². The van der Waals surface area contributed by atoms with Crippen LogP contribution >= 0.6 is 11.8 Å². The van der Waals surface area contributed by atoms with Crippen LogP contribution in [-0.2, 0) is 0 Å². The molecule has 0 atom stereocenters. The number of thioether (sulfide) groups is 1. The highest BCUT2D eigenvalue weighted by molar-refractivity contribution is 7.99. The number of anilines is 1. The number of phenols is 1. The van der Waals surface area contributed by atoms with E-state index in [0.29, 0.717) is 11.2 Å². The number of aromatic hydroxyl groups is 1. The molecule has 17 heavy (non-hydrogen) atoms. The fourth-order valence-corrected chi connectivity index (χ4v) is 4.27. The van der Waals surface area contributed by atoms with Crippen LogP contribution in [0, 0.1) is 5.41 Å². The lowest BCUT2D eigenvalue weighted by molar-refractivity contribution is 0.241. The molecule has 1 aromatic rings. The van der Waals surface area contributed by atoms with Crippen molar-refractivity contribution in [3.8, 4) is 5.75 Å². The zero-order chi connectivity index (χ0) is 11.7. The molecular formula is C14H19NOS. The highest BCUT2D eigenvalue weighted by Gasteiger charge is 2.34. The summed E-state index contributed by atoms with van der Waals surface area (Å²) in [6, 6.07) is 5.67. The van der Waals surface area contributed by atoms with E-state index in [1.807, 2.05) is 23.9 Å². The zero-order valence-corrected chi connectivity index (χ0v) is 10.9. The van der Waals surface area contributed by atoms with E-state index in [1.54, 1.807) is 6.07 Å². The molecule has 92 valence electrons. The predicted molar refractivity (Wildman–Crippen MR) is 72.8 cm³/mol. The quantitative estimate of drug-likeness (QED) is 0.732. The van der Waals surface area contributed by atoms with Crippen molar-refractivity contribution in [3.05, 3.63) is 18.2 Å². The molecule has 1 spiro atoms. The summed E-state index contributed by atoms with van der Waals surface area (Å²) in [5, 5.41) is 13.1. The van der Waals surface area contributed by atoms with Gasteiger partial charge in [0, 0.05) is 23.3 Å². The van der Waals surface area contributed by atoms with Crippen molar-refractivity contribution in [1.29, 1.82) is 0 Å². The van der Waals surface area contributed by atoms with Crippen LogP contribution in [0.2, 0.25) is 0 Å². The van der Waals surface area contributed by atoms with Crippen LogP contribution in [0.1, 0.15) is 32.1 Å². The zero-order valence-electron chi connectivity index (χ0n) is 10.0. The minimum absolute atomic E-state index is 0.358. The first-order valence-electron chi connectivity index (χ1n) is 6.47. The Labute approximate surface area is 107 Å². The molecule has 0 aromatic heterocycles. The molecule has 3 rings (SSSR count). The van der Waals surface area contributed by atoms with Crippen LogP contribution in [0.5, 0.6) is 5.75 Å². The largest absolute Gasteiger partial charge is 0.508 e. The Morgan fingerprint density at radius 3 is 2.82 bits per heavy atom. The summed E-state index contributed by atoms with van der Waals surface area (Å²) in [6.07, 6.45) is 6.87. The lowest BCUT2D eigenvalue weighted by atomic mass is 9.75. The van der Waals surface area contributed by atoms with E-state index in [1.165, 1.54) is 42.8 Å². The van der Waals surface area contributed by atoms with Gasteiger partial charge in [0.2, 0.25) is 0 Å². The third kappa shape index (κ3) is 2.25. The number of hydrogen-bond acceptors (Lipinski definition) is 3. The first kappa shape index (κ1) is 11.3. The van der Waals surface area contributed by atoms with Gasteiger partial charge in [-0.15, -0.1) is 11.8 Å². The summed E-state index contributed by atoms with van der Waals surface area (Å²) in [5.41, 5.74) is 1.59. The van der Waals surface area contributed by atoms with Crippen molar-refractivity contribution in [3.63, 3.8) is 0 Å². The van der Waals surface area contributed by atoms with E-state index in [4.69, 9.17) is 0 Å². The Morgan fingerprint density at radius 2 is 2.00 bits per heavy atom. The second-order valence-corrected chi connectivity index (χ2v) is 6.40. The molecule has 2 N–H and O–H groups in total. The number of phenolic OH excluding ortho intramolecular Hbond substituents is 1. The summed E-state index contributed by atoms with van der Waals surface area (Å²) in [6.45, 7) is 1.07. The molecule has 0 unspecified atom stereocenters. The second-order valence-electron chi connectivity index (χ2n) is 5.38. The van der Waals surface area contributed by atoms with E-state index in [-0.39, 0.29) is 0 Å². The number of benzene rings is 1. The first-order chi connectivity index (χ1) is 8.27. The Kier molecular flexibility index (Phi) is 2.95. The normalized spacial score (nSPS) is 22.6. The van der Waals surface area contributed by atoms with Crippen LogP contribution in [0.25, 0.3) is 0 Å². The van der Waals surface area contributed by atoms with Gasteiger partial charge in [-0.25, -0.2) is 0 Å². The van der Waals surface area contributed by atoms with Crippen molar-refractivity contribution >= 4 is 17.4 Å². The molecule has 1 aliphatic heterocycles. The fraction of sp³-hybridized carbons (Fsp3) is 0.571. The Bertz CT molecular complexity index is 413. The highest BCUT2D eigenvalue weighted by Crippen LogP contribution is 2.45. The first-order valence-corrected chi connectivity index (χ1v) is 7.46. The van der Waals surface area contributed by atoms with Crippen LogP contribution in [-0.4, -0.2) is 17.4 Å². The molecular weight excluding hydrogens is 230 g/mol. The molecule has 1 fully saturated rings.